The highest BCUT2D eigenvalue weighted by atomic mass is 35.5. The summed E-state index contributed by atoms with van der Waals surface area (Å²) in [7, 11) is 0. The molecule has 0 spiro atoms. The summed E-state index contributed by atoms with van der Waals surface area (Å²) < 4.78 is 11.2. The molecule has 1 aromatic rings. The molecule has 0 unspecified atom stereocenters. The van der Waals surface area contributed by atoms with E-state index in [9.17, 15) is 4.79 Å². The van der Waals surface area contributed by atoms with Gasteiger partial charge in [-0.15, -0.1) is 0 Å². The van der Waals surface area contributed by atoms with Gasteiger partial charge in [0.1, 0.15) is 18.0 Å². The molecule has 1 aliphatic heterocycles. The van der Waals surface area contributed by atoms with Gasteiger partial charge in [0.25, 0.3) is 0 Å². The maximum Gasteiger partial charge on any atom is 0.410 e. The lowest BCUT2D eigenvalue weighted by Gasteiger charge is -2.28. The smallest absolute Gasteiger partial charge is 0.410 e. The van der Waals surface area contributed by atoms with Gasteiger partial charge in [0.2, 0.25) is 0 Å². The molecule has 5 heteroatoms. The van der Waals surface area contributed by atoms with Crippen molar-refractivity contribution >= 4 is 17.7 Å². The lowest BCUT2D eigenvalue weighted by molar-refractivity contribution is 0.0187. The van der Waals surface area contributed by atoms with Crippen molar-refractivity contribution in [3.8, 4) is 5.75 Å². The minimum Gasteiger partial charge on any atom is -0.491 e. The molecule has 1 atom stereocenters. The van der Waals surface area contributed by atoms with Crippen LogP contribution >= 0.6 is 11.6 Å². The first-order valence-corrected chi connectivity index (χ1v) is 7.61. The first kappa shape index (κ1) is 16.0. The Kier molecular flexibility index (Phi) is 4.99. The van der Waals surface area contributed by atoms with Gasteiger partial charge in [0, 0.05) is 11.6 Å². The number of rotatable bonds is 3. The van der Waals surface area contributed by atoms with E-state index in [-0.39, 0.29) is 12.1 Å². The summed E-state index contributed by atoms with van der Waals surface area (Å²) >= 11 is 5.84. The van der Waals surface area contributed by atoms with E-state index in [1.54, 1.807) is 17.0 Å². The molecule has 0 aromatic heterocycles. The van der Waals surface area contributed by atoms with Crippen molar-refractivity contribution in [2.45, 2.75) is 45.3 Å². The lowest BCUT2D eigenvalue weighted by Crippen LogP contribution is -2.42. The van der Waals surface area contributed by atoms with E-state index < -0.39 is 5.60 Å². The van der Waals surface area contributed by atoms with E-state index in [4.69, 9.17) is 21.1 Å². The molecular formula is C16H22ClNO3. The molecule has 0 radical (unpaired) electrons. The van der Waals surface area contributed by atoms with E-state index >= 15 is 0 Å². The average Bonchev–Trinajstić information content (AvgIpc) is 2.84. The Balaban J connectivity index is 1.90. The third kappa shape index (κ3) is 4.81. The minimum absolute atomic E-state index is 0.0653. The van der Waals surface area contributed by atoms with Gasteiger partial charge in [0.05, 0.1) is 6.04 Å². The lowest BCUT2D eigenvalue weighted by atomic mass is 10.2. The van der Waals surface area contributed by atoms with Crippen LogP contribution in [0.3, 0.4) is 0 Å². The highest BCUT2D eigenvalue weighted by Gasteiger charge is 2.32. The van der Waals surface area contributed by atoms with Crippen LogP contribution in [-0.4, -0.2) is 35.8 Å². The maximum absolute atomic E-state index is 12.2. The second kappa shape index (κ2) is 6.56. The van der Waals surface area contributed by atoms with Crippen molar-refractivity contribution in [2.24, 2.45) is 0 Å². The zero-order chi connectivity index (χ0) is 15.5. The standard InChI is InChI=1S/C16H22ClNO3/c1-16(2,3)21-15(19)18-10-4-5-13(18)11-20-14-8-6-12(17)7-9-14/h6-9,13H,4-5,10-11H2,1-3H3/t13-/m1/s1. The summed E-state index contributed by atoms with van der Waals surface area (Å²) in [6.07, 6.45) is 1.66. The van der Waals surface area contributed by atoms with E-state index in [1.165, 1.54) is 0 Å². The van der Waals surface area contributed by atoms with Crippen molar-refractivity contribution in [1.29, 1.82) is 0 Å². The van der Waals surface area contributed by atoms with Crippen molar-refractivity contribution in [2.75, 3.05) is 13.2 Å². The van der Waals surface area contributed by atoms with Gasteiger partial charge in [-0.1, -0.05) is 11.6 Å². The van der Waals surface area contributed by atoms with Crippen molar-refractivity contribution in [3.05, 3.63) is 29.3 Å². The first-order valence-electron chi connectivity index (χ1n) is 7.23. The second-order valence-corrected chi connectivity index (χ2v) is 6.67. The second-order valence-electron chi connectivity index (χ2n) is 6.23. The number of carbonyl (C=O) groups is 1. The fourth-order valence-corrected chi connectivity index (χ4v) is 2.42. The van der Waals surface area contributed by atoms with Crippen LogP contribution < -0.4 is 4.74 Å². The molecule has 0 aliphatic carbocycles. The zero-order valence-corrected chi connectivity index (χ0v) is 13.5. The van der Waals surface area contributed by atoms with Gasteiger partial charge in [-0.2, -0.15) is 0 Å². The Labute approximate surface area is 131 Å². The van der Waals surface area contributed by atoms with Crippen LogP contribution in [0.5, 0.6) is 5.75 Å². The highest BCUT2D eigenvalue weighted by Crippen LogP contribution is 2.22. The van der Waals surface area contributed by atoms with Gasteiger partial charge in [0.15, 0.2) is 0 Å². The maximum atomic E-state index is 12.2. The predicted octanol–water partition coefficient (Wildman–Crippen LogP) is 4.12. The van der Waals surface area contributed by atoms with Crippen LogP contribution in [0.4, 0.5) is 4.79 Å². The summed E-state index contributed by atoms with van der Waals surface area (Å²) in [6, 6.07) is 7.30. The van der Waals surface area contributed by atoms with E-state index in [0.29, 0.717) is 11.6 Å². The Hall–Kier alpha value is -1.42. The molecule has 1 amide bonds. The number of benzene rings is 1. The zero-order valence-electron chi connectivity index (χ0n) is 12.8. The van der Waals surface area contributed by atoms with Gasteiger partial charge >= 0.3 is 6.09 Å². The molecule has 21 heavy (non-hydrogen) atoms. The van der Waals surface area contributed by atoms with Gasteiger partial charge < -0.3 is 14.4 Å². The number of nitrogens with zero attached hydrogens (tertiary/aromatic N) is 1. The molecular weight excluding hydrogens is 290 g/mol. The summed E-state index contributed by atoms with van der Waals surface area (Å²) in [6.45, 7) is 6.82. The molecule has 0 bridgehead atoms. The summed E-state index contributed by atoms with van der Waals surface area (Å²) in [5.74, 6) is 0.760. The Morgan fingerprint density at radius 3 is 2.62 bits per heavy atom. The fourth-order valence-electron chi connectivity index (χ4n) is 2.29. The van der Waals surface area contributed by atoms with Gasteiger partial charge in [-0.25, -0.2) is 4.79 Å². The number of hydrogen-bond acceptors (Lipinski definition) is 3. The average molecular weight is 312 g/mol. The van der Waals surface area contributed by atoms with E-state index in [0.717, 1.165) is 25.1 Å². The first-order chi connectivity index (χ1) is 9.85. The Morgan fingerprint density at radius 2 is 2.00 bits per heavy atom. The summed E-state index contributed by atoms with van der Waals surface area (Å²) in [4.78, 5) is 13.9. The molecule has 4 nitrogen and oxygen atoms in total. The number of ether oxygens (including phenoxy) is 2. The van der Waals surface area contributed by atoms with Crippen LogP contribution in [0.25, 0.3) is 0 Å². The number of hydrogen-bond donors (Lipinski definition) is 0. The molecule has 1 saturated heterocycles. The SMILES string of the molecule is CC(C)(C)OC(=O)N1CCC[C@@H]1COc1ccc(Cl)cc1. The van der Waals surface area contributed by atoms with Gasteiger partial charge in [-0.05, 0) is 57.9 Å². The fraction of sp³-hybridized carbons (Fsp3) is 0.562. The summed E-state index contributed by atoms with van der Waals surface area (Å²) in [5, 5.41) is 0.679. The quantitative estimate of drug-likeness (QED) is 0.843. The van der Waals surface area contributed by atoms with Crippen molar-refractivity contribution in [3.63, 3.8) is 0 Å². The number of halogens is 1. The van der Waals surface area contributed by atoms with Crippen molar-refractivity contribution in [1.82, 2.24) is 4.90 Å². The van der Waals surface area contributed by atoms with Crippen LogP contribution in [0, 0.1) is 0 Å². The molecule has 1 heterocycles. The Morgan fingerprint density at radius 1 is 1.33 bits per heavy atom. The topological polar surface area (TPSA) is 38.8 Å². The van der Waals surface area contributed by atoms with Gasteiger partial charge in [-0.3, -0.25) is 0 Å². The minimum atomic E-state index is -0.471. The molecule has 1 aliphatic rings. The molecule has 0 saturated carbocycles. The molecule has 1 fully saturated rings. The Bertz CT molecular complexity index is 481. The normalized spacial score (nSPS) is 18.7. The van der Waals surface area contributed by atoms with E-state index in [1.807, 2.05) is 32.9 Å². The molecule has 2 rings (SSSR count). The third-order valence-electron chi connectivity index (χ3n) is 3.26. The van der Waals surface area contributed by atoms with Crippen LogP contribution in [0.15, 0.2) is 24.3 Å². The van der Waals surface area contributed by atoms with Crippen LogP contribution in [-0.2, 0) is 4.74 Å². The molecule has 116 valence electrons. The molecule has 1 aromatic carbocycles. The predicted molar refractivity (Wildman–Crippen MR) is 82.9 cm³/mol. The third-order valence-corrected chi connectivity index (χ3v) is 3.51. The van der Waals surface area contributed by atoms with Crippen LogP contribution in [0.2, 0.25) is 5.02 Å². The number of carbonyl (C=O) groups excluding carboxylic acids is 1. The molecule has 0 N–H and O–H groups in total. The number of amides is 1. The van der Waals surface area contributed by atoms with Crippen LogP contribution in [0.1, 0.15) is 33.6 Å². The van der Waals surface area contributed by atoms with Crippen molar-refractivity contribution < 1.29 is 14.3 Å². The largest absolute Gasteiger partial charge is 0.491 e. The number of likely N-dealkylation sites (tertiary alicyclic amines) is 1. The van der Waals surface area contributed by atoms with E-state index in [2.05, 4.69) is 0 Å². The monoisotopic (exact) mass is 311 g/mol. The summed E-state index contributed by atoms with van der Waals surface area (Å²) in [5.41, 5.74) is -0.471. The highest BCUT2D eigenvalue weighted by molar-refractivity contribution is 6.30.